The highest BCUT2D eigenvalue weighted by Gasteiger charge is 2.37. The van der Waals surface area contributed by atoms with Crippen molar-refractivity contribution < 1.29 is 14.9 Å². The van der Waals surface area contributed by atoms with Gasteiger partial charge in [-0.2, -0.15) is 0 Å². The molecule has 1 aliphatic rings. The number of nitrogens with one attached hydrogen (secondary N) is 1. The van der Waals surface area contributed by atoms with Gasteiger partial charge < -0.3 is 14.9 Å². The molecule has 0 unspecified atom stereocenters. The fourth-order valence-electron chi connectivity index (χ4n) is 2.29. The second kappa shape index (κ2) is 5.68. The molecule has 7 heteroatoms. The van der Waals surface area contributed by atoms with Gasteiger partial charge in [0, 0.05) is 18.4 Å². The normalized spacial score (nSPS) is 26.8. The number of aryl methyl sites for hydroxylation is 1. The van der Waals surface area contributed by atoms with Gasteiger partial charge in [-0.25, -0.2) is 4.79 Å². The molecule has 1 saturated heterocycles. The number of nitrogens with zero attached hydrogens (tertiary/aromatic N) is 1. The van der Waals surface area contributed by atoms with Crippen LogP contribution in [0.5, 0.6) is 0 Å². The first kappa shape index (κ1) is 14.0. The smallest absolute Gasteiger partial charge is 0.328 e. The molecular weight excluding hydrogens is 252 g/mol. The van der Waals surface area contributed by atoms with Gasteiger partial charge in [0.25, 0.3) is 5.56 Å². The van der Waals surface area contributed by atoms with Gasteiger partial charge in [-0.3, -0.25) is 14.3 Å². The molecule has 0 bridgehead atoms. The highest BCUT2D eigenvalue weighted by molar-refractivity contribution is 5.03. The fraction of sp³-hybridized carbons (Fsp3) is 0.667. The Morgan fingerprint density at radius 1 is 1.53 bits per heavy atom. The Morgan fingerprint density at radius 3 is 2.95 bits per heavy atom. The summed E-state index contributed by atoms with van der Waals surface area (Å²) in [5, 5.41) is 18.9. The van der Waals surface area contributed by atoms with Gasteiger partial charge in [0.2, 0.25) is 0 Å². The summed E-state index contributed by atoms with van der Waals surface area (Å²) in [5.74, 6) is 0. The van der Waals surface area contributed by atoms with Crippen molar-refractivity contribution in [1.82, 2.24) is 9.55 Å². The number of aliphatic hydroxyl groups is 2. The van der Waals surface area contributed by atoms with Crippen LogP contribution in [0.4, 0.5) is 0 Å². The van der Waals surface area contributed by atoms with E-state index in [1.54, 1.807) is 6.92 Å². The molecule has 7 nitrogen and oxygen atoms in total. The van der Waals surface area contributed by atoms with E-state index in [9.17, 15) is 14.7 Å². The van der Waals surface area contributed by atoms with E-state index in [-0.39, 0.29) is 13.2 Å². The molecule has 1 aliphatic heterocycles. The molecule has 0 aliphatic carbocycles. The minimum atomic E-state index is -0.824. The van der Waals surface area contributed by atoms with Gasteiger partial charge in [-0.05, 0) is 19.8 Å². The maximum Gasteiger partial charge on any atom is 0.328 e. The highest BCUT2D eigenvalue weighted by Crippen LogP contribution is 2.26. The van der Waals surface area contributed by atoms with Gasteiger partial charge in [0.15, 0.2) is 0 Å². The third kappa shape index (κ3) is 2.78. The minimum absolute atomic E-state index is 0.0367. The van der Waals surface area contributed by atoms with Crippen molar-refractivity contribution in [2.24, 2.45) is 0 Å². The summed E-state index contributed by atoms with van der Waals surface area (Å²) in [4.78, 5) is 25.3. The number of aromatic amines is 1. The van der Waals surface area contributed by atoms with Crippen LogP contribution in [0, 0.1) is 6.92 Å². The molecule has 1 aromatic rings. The van der Waals surface area contributed by atoms with Crippen molar-refractivity contribution in [2.75, 3.05) is 13.2 Å². The molecule has 0 saturated carbocycles. The van der Waals surface area contributed by atoms with Crippen LogP contribution in [0.1, 0.15) is 24.4 Å². The van der Waals surface area contributed by atoms with Crippen LogP contribution >= 0.6 is 0 Å². The Hall–Kier alpha value is -1.44. The second-order valence-electron chi connectivity index (χ2n) is 4.77. The second-order valence-corrected chi connectivity index (χ2v) is 4.77. The summed E-state index contributed by atoms with van der Waals surface area (Å²) in [6, 6.07) is -0.508. The molecule has 1 aromatic heterocycles. The molecule has 0 spiro atoms. The Labute approximate surface area is 109 Å². The van der Waals surface area contributed by atoms with Crippen LogP contribution in [0.25, 0.3) is 0 Å². The molecule has 0 amide bonds. The van der Waals surface area contributed by atoms with E-state index in [4.69, 9.17) is 9.84 Å². The number of rotatable bonds is 4. The average Bonchev–Trinajstić information content (AvgIpc) is 2.73. The predicted octanol–water partition coefficient (Wildman–Crippen LogP) is -1.08. The van der Waals surface area contributed by atoms with E-state index >= 15 is 0 Å². The summed E-state index contributed by atoms with van der Waals surface area (Å²) in [7, 11) is 0. The van der Waals surface area contributed by atoms with Crippen LogP contribution in [-0.2, 0) is 4.74 Å². The maximum absolute atomic E-state index is 11.7. The first-order chi connectivity index (χ1) is 9.04. The lowest BCUT2D eigenvalue weighted by Crippen LogP contribution is -2.38. The van der Waals surface area contributed by atoms with Crippen molar-refractivity contribution in [1.29, 1.82) is 0 Å². The maximum atomic E-state index is 11.7. The molecule has 0 aromatic carbocycles. The van der Waals surface area contributed by atoms with Gasteiger partial charge >= 0.3 is 5.69 Å². The summed E-state index contributed by atoms with van der Waals surface area (Å²) < 4.78 is 6.75. The molecule has 3 N–H and O–H groups in total. The zero-order valence-corrected chi connectivity index (χ0v) is 10.7. The monoisotopic (exact) mass is 270 g/mol. The number of aromatic nitrogens is 2. The van der Waals surface area contributed by atoms with Crippen molar-refractivity contribution in [3.8, 4) is 0 Å². The number of hydrogen-bond acceptors (Lipinski definition) is 5. The molecule has 106 valence electrons. The fourth-order valence-corrected chi connectivity index (χ4v) is 2.29. The first-order valence-electron chi connectivity index (χ1n) is 6.27. The van der Waals surface area contributed by atoms with E-state index < -0.39 is 29.5 Å². The Balaban J connectivity index is 2.22. The van der Waals surface area contributed by atoms with E-state index in [0.29, 0.717) is 18.4 Å². The predicted molar refractivity (Wildman–Crippen MR) is 67.2 cm³/mol. The summed E-state index contributed by atoms with van der Waals surface area (Å²) in [6.45, 7) is 1.85. The van der Waals surface area contributed by atoms with Gasteiger partial charge in [0.05, 0.1) is 18.8 Å². The lowest BCUT2D eigenvalue weighted by atomic mass is 10.1. The van der Waals surface area contributed by atoms with Crippen LogP contribution in [-0.4, -0.2) is 45.2 Å². The number of H-pyrrole nitrogens is 1. The molecule has 0 radical (unpaired) electrons. The summed E-state index contributed by atoms with van der Waals surface area (Å²) in [6.07, 6.45) is 1.29. The Morgan fingerprint density at radius 2 is 2.26 bits per heavy atom. The number of hydrogen-bond donors (Lipinski definition) is 3. The quantitative estimate of drug-likeness (QED) is 0.645. The summed E-state index contributed by atoms with van der Waals surface area (Å²) >= 11 is 0. The first-order valence-corrected chi connectivity index (χ1v) is 6.27. The summed E-state index contributed by atoms with van der Waals surface area (Å²) in [5.41, 5.74) is -0.567. The lowest BCUT2D eigenvalue weighted by Gasteiger charge is -2.19. The number of ether oxygens (including phenoxy) is 1. The van der Waals surface area contributed by atoms with Gasteiger partial charge in [-0.1, -0.05) is 0 Å². The van der Waals surface area contributed by atoms with Crippen molar-refractivity contribution in [2.45, 2.75) is 38.0 Å². The van der Waals surface area contributed by atoms with Gasteiger partial charge in [0.1, 0.15) is 6.10 Å². The zero-order chi connectivity index (χ0) is 14.0. The SMILES string of the molecule is Cc1cn([C@H]2CO[C@@H](CCCO)[C@@H]2O)c(=O)[nH]c1=O. The molecule has 2 heterocycles. The van der Waals surface area contributed by atoms with Crippen molar-refractivity contribution >= 4 is 0 Å². The van der Waals surface area contributed by atoms with Gasteiger partial charge in [-0.15, -0.1) is 0 Å². The van der Waals surface area contributed by atoms with Crippen LogP contribution in [0.15, 0.2) is 15.8 Å². The molecular formula is C12H18N2O5. The van der Waals surface area contributed by atoms with Crippen LogP contribution in [0.2, 0.25) is 0 Å². The topological polar surface area (TPSA) is 105 Å². The van der Waals surface area contributed by atoms with Crippen molar-refractivity contribution in [3.05, 3.63) is 32.6 Å². The Bertz CT molecular complexity index is 550. The molecule has 2 rings (SSSR count). The van der Waals surface area contributed by atoms with E-state index in [1.165, 1.54) is 10.8 Å². The Kier molecular flexibility index (Phi) is 4.18. The average molecular weight is 270 g/mol. The van der Waals surface area contributed by atoms with E-state index in [1.807, 2.05) is 0 Å². The molecule has 3 atom stereocenters. The molecule has 19 heavy (non-hydrogen) atoms. The van der Waals surface area contributed by atoms with E-state index in [0.717, 1.165) is 0 Å². The zero-order valence-electron chi connectivity index (χ0n) is 10.7. The van der Waals surface area contributed by atoms with Crippen LogP contribution < -0.4 is 11.2 Å². The standard InChI is InChI=1S/C12H18N2O5/c1-7-5-14(12(18)13-11(7)17)8-6-19-9(10(8)16)3-2-4-15/h5,8-10,15-16H,2-4,6H2,1H3,(H,13,17,18)/t8-,9-,10+/m0/s1. The van der Waals surface area contributed by atoms with E-state index in [2.05, 4.69) is 4.98 Å². The van der Waals surface area contributed by atoms with Crippen molar-refractivity contribution in [3.63, 3.8) is 0 Å². The largest absolute Gasteiger partial charge is 0.396 e. The van der Waals surface area contributed by atoms with Crippen LogP contribution in [0.3, 0.4) is 0 Å². The third-order valence-electron chi connectivity index (χ3n) is 3.41. The number of aliphatic hydroxyl groups excluding tert-OH is 2. The highest BCUT2D eigenvalue weighted by atomic mass is 16.5. The molecule has 1 fully saturated rings. The third-order valence-corrected chi connectivity index (χ3v) is 3.41. The lowest BCUT2D eigenvalue weighted by molar-refractivity contribution is 0.0297. The minimum Gasteiger partial charge on any atom is -0.396 e.